The number of rotatable bonds is 6. The van der Waals surface area contributed by atoms with Gasteiger partial charge in [0, 0.05) is 19.6 Å². The van der Waals surface area contributed by atoms with Gasteiger partial charge < -0.3 is 10.2 Å². The Bertz CT molecular complexity index is 546. The van der Waals surface area contributed by atoms with Crippen molar-refractivity contribution in [1.29, 1.82) is 0 Å². The van der Waals surface area contributed by atoms with Gasteiger partial charge in [0.1, 0.15) is 4.90 Å². The van der Waals surface area contributed by atoms with Crippen LogP contribution in [0, 0.1) is 5.92 Å². The fourth-order valence-electron chi connectivity index (χ4n) is 2.46. The smallest absolute Gasteiger partial charge is 0.243 e. The van der Waals surface area contributed by atoms with E-state index in [2.05, 4.69) is 32.0 Å². The van der Waals surface area contributed by atoms with E-state index in [-0.39, 0.29) is 4.90 Å². The molecule has 0 saturated carbocycles. The Morgan fingerprint density at radius 1 is 1.38 bits per heavy atom. The summed E-state index contributed by atoms with van der Waals surface area (Å²) in [4.78, 5) is 10.3. The van der Waals surface area contributed by atoms with Gasteiger partial charge in [0.2, 0.25) is 16.0 Å². The summed E-state index contributed by atoms with van der Waals surface area (Å²) in [5.41, 5.74) is 0. The molecule has 8 heteroatoms. The van der Waals surface area contributed by atoms with Crippen LogP contribution in [0.25, 0.3) is 0 Å². The van der Waals surface area contributed by atoms with Crippen LogP contribution >= 0.6 is 0 Å². The second kappa shape index (κ2) is 7.15. The average Bonchev–Trinajstić information content (AvgIpc) is 2.46. The topological polar surface area (TPSA) is 87.2 Å². The van der Waals surface area contributed by atoms with E-state index in [9.17, 15) is 8.42 Å². The lowest BCUT2D eigenvalue weighted by Crippen LogP contribution is -2.39. The van der Waals surface area contributed by atoms with Crippen LogP contribution in [0.3, 0.4) is 0 Å². The molecule has 2 heterocycles. The number of sulfonamides is 1. The van der Waals surface area contributed by atoms with Gasteiger partial charge in [-0.1, -0.05) is 0 Å². The van der Waals surface area contributed by atoms with Crippen molar-refractivity contribution in [1.82, 2.24) is 19.6 Å². The molecule has 0 aliphatic carbocycles. The zero-order valence-corrected chi connectivity index (χ0v) is 13.4. The predicted molar refractivity (Wildman–Crippen MR) is 81.6 cm³/mol. The van der Waals surface area contributed by atoms with Crippen LogP contribution in [0.1, 0.15) is 19.8 Å². The Morgan fingerprint density at radius 3 is 2.71 bits per heavy atom. The van der Waals surface area contributed by atoms with Crippen molar-refractivity contribution < 1.29 is 8.42 Å². The van der Waals surface area contributed by atoms with Gasteiger partial charge in [-0.2, -0.15) is 0 Å². The molecule has 0 aromatic carbocycles. The molecule has 1 fully saturated rings. The maximum atomic E-state index is 12.2. The van der Waals surface area contributed by atoms with Crippen molar-refractivity contribution in [3.8, 4) is 0 Å². The van der Waals surface area contributed by atoms with Crippen LogP contribution < -0.4 is 10.0 Å². The summed E-state index contributed by atoms with van der Waals surface area (Å²) >= 11 is 0. The van der Waals surface area contributed by atoms with Crippen LogP contribution in [-0.4, -0.2) is 56.5 Å². The van der Waals surface area contributed by atoms with Crippen LogP contribution in [0.4, 0.5) is 5.95 Å². The number of likely N-dealkylation sites (tertiary alicyclic amines) is 1. The number of nitrogens with one attached hydrogen (secondary N) is 2. The summed E-state index contributed by atoms with van der Waals surface area (Å²) in [5, 5.41) is 2.93. The average molecular weight is 313 g/mol. The predicted octanol–water partition coefficient (Wildman–Crippen LogP) is 0.529. The number of aromatic nitrogens is 2. The molecule has 0 amide bonds. The van der Waals surface area contributed by atoms with Crippen LogP contribution in [0.2, 0.25) is 0 Å². The normalized spacial score (nSPS) is 20.4. The van der Waals surface area contributed by atoms with Gasteiger partial charge in [0.05, 0.1) is 12.4 Å². The molecule has 1 saturated heterocycles. The summed E-state index contributed by atoms with van der Waals surface area (Å²) < 4.78 is 27.1. The van der Waals surface area contributed by atoms with E-state index in [1.54, 1.807) is 0 Å². The van der Waals surface area contributed by atoms with E-state index in [4.69, 9.17) is 0 Å². The van der Waals surface area contributed by atoms with Gasteiger partial charge in [-0.05, 0) is 39.3 Å². The minimum absolute atomic E-state index is 0.105. The Kier molecular flexibility index (Phi) is 5.49. The molecule has 2 rings (SSSR count). The molecule has 21 heavy (non-hydrogen) atoms. The first-order chi connectivity index (χ1) is 10.0. The molecule has 0 spiro atoms. The van der Waals surface area contributed by atoms with Crippen molar-refractivity contribution in [2.75, 3.05) is 38.5 Å². The molecule has 118 valence electrons. The lowest BCUT2D eigenvalue weighted by molar-refractivity contribution is 0.211. The lowest BCUT2D eigenvalue weighted by atomic mass is 9.99. The largest absolute Gasteiger partial charge is 0.355 e. The summed E-state index contributed by atoms with van der Waals surface area (Å²) in [6.45, 7) is 5.10. The number of hydrogen-bond donors (Lipinski definition) is 2. The van der Waals surface area contributed by atoms with Gasteiger partial charge in [-0.15, -0.1) is 0 Å². The highest BCUT2D eigenvalue weighted by molar-refractivity contribution is 7.89. The first-order valence-corrected chi connectivity index (χ1v) is 8.73. The zero-order chi connectivity index (χ0) is 15.3. The number of hydrogen-bond acceptors (Lipinski definition) is 6. The molecule has 2 N–H and O–H groups in total. The van der Waals surface area contributed by atoms with E-state index in [1.165, 1.54) is 12.4 Å². The summed E-state index contributed by atoms with van der Waals surface area (Å²) in [6.07, 6.45) is 4.84. The molecule has 7 nitrogen and oxygen atoms in total. The van der Waals surface area contributed by atoms with E-state index in [0.717, 1.165) is 25.9 Å². The maximum absolute atomic E-state index is 12.2. The standard InChI is InChI=1S/C13H23N5O2S/c1-3-14-13-15-8-12(9-16-13)21(19,20)17-7-11-5-4-6-18(2)10-11/h8-9,11,17H,3-7,10H2,1-2H3,(H,14,15,16). The summed E-state index contributed by atoms with van der Waals surface area (Å²) in [5.74, 6) is 0.797. The van der Waals surface area contributed by atoms with Gasteiger partial charge in [0.15, 0.2) is 0 Å². The zero-order valence-electron chi connectivity index (χ0n) is 12.5. The molecule has 0 bridgehead atoms. The Morgan fingerprint density at radius 2 is 2.10 bits per heavy atom. The maximum Gasteiger partial charge on any atom is 0.243 e. The minimum atomic E-state index is -3.53. The summed E-state index contributed by atoms with van der Waals surface area (Å²) in [7, 11) is -1.47. The number of nitrogens with zero attached hydrogens (tertiary/aromatic N) is 3. The fraction of sp³-hybridized carbons (Fsp3) is 0.692. The molecule has 1 aromatic rings. The first-order valence-electron chi connectivity index (χ1n) is 7.25. The van der Waals surface area contributed by atoms with Gasteiger partial charge in [0.25, 0.3) is 0 Å². The Labute approximate surface area is 126 Å². The van der Waals surface area contributed by atoms with Crippen molar-refractivity contribution >= 4 is 16.0 Å². The second-order valence-electron chi connectivity index (χ2n) is 5.40. The van der Waals surface area contributed by atoms with Gasteiger partial charge in [-0.3, -0.25) is 0 Å². The fourth-order valence-corrected chi connectivity index (χ4v) is 3.46. The highest BCUT2D eigenvalue weighted by atomic mass is 32.2. The molecule has 0 radical (unpaired) electrons. The molecule has 1 atom stereocenters. The minimum Gasteiger partial charge on any atom is -0.355 e. The molecule has 1 aliphatic heterocycles. The van der Waals surface area contributed by atoms with Crippen molar-refractivity contribution in [2.45, 2.75) is 24.7 Å². The Balaban J connectivity index is 1.94. The van der Waals surface area contributed by atoms with E-state index < -0.39 is 10.0 Å². The Hall–Kier alpha value is -1.25. The molecule has 1 aliphatic rings. The van der Waals surface area contributed by atoms with Crippen LogP contribution in [0.5, 0.6) is 0 Å². The quantitative estimate of drug-likeness (QED) is 0.796. The summed E-state index contributed by atoms with van der Waals surface area (Å²) in [6, 6.07) is 0. The lowest BCUT2D eigenvalue weighted by Gasteiger charge is -2.29. The van der Waals surface area contributed by atoms with E-state index in [0.29, 0.717) is 25.0 Å². The monoisotopic (exact) mass is 313 g/mol. The van der Waals surface area contributed by atoms with Crippen LogP contribution in [-0.2, 0) is 10.0 Å². The van der Waals surface area contributed by atoms with Gasteiger partial charge >= 0.3 is 0 Å². The SMILES string of the molecule is CCNc1ncc(S(=O)(=O)NCC2CCCN(C)C2)cn1. The van der Waals surface area contributed by atoms with E-state index >= 15 is 0 Å². The number of anilines is 1. The van der Waals surface area contributed by atoms with Crippen LogP contribution in [0.15, 0.2) is 17.3 Å². The number of piperidine rings is 1. The molecular formula is C13H23N5O2S. The third kappa shape index (κ3) is 4.62. The van der Waals surface area contributed by atoms with Crippen molar-refractivity contribution in [3.05, 3.63) is 12.4 Å². The third-order valence-corrected chi connectivity index (χ3v) is 4.94. The molecular weight excluding hydrogens is 290 g/mol. The third-order valence-electron chi connectivity index (χ3n) is 3.56. The second-order valence-corrected chi connectivity index (χ2v) is 7.16. The van der Waals surface area contributed by atoms with E-state index in [1.807, 2.05) is 6.92 Å². The first kappa shape index (κ1) is 16.1. The highest BCUT2D eigenvalue weighted by Gasteiger charge is 2.21. The van der Waals surface area contributed by atoms with Gasteiger partial charge in [-0.25, -0.2) is 23.1 Å². The van der Waals surface area contributed by atoms with Crippen molar-refractivity contribution in [2.24, 2.45) is 5.92 Å². The highest BCUT2D eigenvalue weighted by Crippen LogP contribution is 2.15. The van der Waals surface area contributed by atoms with Crippen molar-refractivity contribution in [3.63, 3.8) is 0 Å². The molecule has 1 aromatic heterocycles. The molecule has 1 unspecified atom stereocenters.